The fourth-order valence-corrected chi connectivity index (χ4v) is 6.41. The molecule has 2 saturated heterocycles. The molecule has 4 aliphatic heterocycles. The Balaban J connectivity index is 1.55. The van der Waals surface area contributed by atoms with Crippen molar-refractivity contribution >= 4 is 34.9 Å². The number of benzene rings is 1. The molecule has 2 fully saturated rings. The van der Waals surface area contributed by atoms with Gasteiger partial charge in [-0.3, -0.25) is 14.5 Å². The number of hydrogen-bond acceptors (Lipinski definition) is 4. The van der Waals surface area contributed by atoms with Gasteiger partial charge in [-0.1, -0.05) is 0 Å². The van der Waals surface area contributed by atoms with Crippen molar-refractivity contribution in [1.29, 1.82) is 0 Å². The van der Waals surface area contributed by atoms with Crippen LogP contribution in [0.5, 0.6) is 5.75 Å². The van der Waals surface area contributed by atoms with E-state index >= 15 is 0 Å². The molecular weight excluding hydrogens is 432 g/mol. The topological polar surface area (TPSA) is 89.1 Å². The number of carbonyl (C=O) groups is 2. The lowest BCUT2D eigenvalue weighted by atomic mass is 9.66. The van der Waals surface area contributed by atoms with E-state index in [2.05, 4.69) is 10.2 Å². The van der Waals surface area contributed by atoms with Crippen molar-refractivity contribution in [3.8, 4) is 12.3 Å². The van der Waals surface area contributed by atoms with Crippen LogP contribution < -0.4 is 10.1 Å². The van der Waals surface area contributed by atoms with Gasteiger partial charge in [0.2, 0.25) is 11.4 Å². The van der Waals surface area contributed by atoms with Gasteiger partial charge < -0.3 is 15.3 Å². The van der Waals surface area contributed by atoms with Crippen LogP contribution >= 0.6 is 0 Å². The van der Waals surface area contributed by atoms with Crippen LogP contribution in [0.15, 0.2) is 24.3 Å². The third-order valence-electron chi connectivity index (χ3n) is 7.80. The Morgan fingerprint density at radius 3 is 2.74 bits per heavy atom. The van der Waals surface area contributed by atoms with E-state index in [-0.39, 0.29) is 18.2 Å². The lowest BCUT2D eigenvalue weighted by molar-refractivity contribution is -0.361. The quantitative estimate of drug-likeness (QED) is 0.476. The molecule has 174 valence electrons. The number of nitrogens with zero attached hydrogens (tertiary/aromatic N) is 3. The number of rotatable bonds is 0. The predicted molar refractivity (Wildman–Crippen MR) is 128 cm³/mol. The predicted octanol–water partition coefficient (Wildman–Crippen LogP) is 3.43. The lowest BCUT2D eigenvalue weighted by Gasteiger charge is -2.46. The molecule has 0 radical (unpaired) electrons. The van der Waals surface area contributed by atoms with Crippen LogP contribution in [0.25, 0.3) is 16.5 Å². The maximum absolute atomic E-state index is 13.9. The first-order valence-corrected chi connectivity index (χ1v) is 11.7. The molecular formula is C26H27N4O4+. The van der Waals surface area contributed by atoms with E-state index in [1.54, 1.807) is 6.08 Å². The van der Waals surface area contributed by atoms with Crippen LogP contribution in [0.4, 0.5) is 5.69 Å². The van der Waals surface area contributed by atoms with E-state index in [9.17, 15) is 14.8 Å². The standard InChI is InChI=1S/C26H26N4O4/c1-23(2)14-25(22(32)29-12-6-10-26(29,27-5)21(31)28-25)13-17-15-7-8-18-16(9-11-24(3,4)34-18)19(15)30(33)20(17)23/h5,7-9,11,13H,6,10,12,14H2,1-4H3/p+1/t25-,26-/m0/s1. The van der Waals surface area contributed by atoms with Gasteiger partial charge in [-0.05, 0) is 75.7 Å². The minimum absolute atomic E-state index is 0.229. The smallest absolute Gasteiger partial charge is 0.435 e. The molecule has 6 rings (SSSR count). The van der Waals surface area contributed by atoms with Crippen LogP contribution in [0.1, 0.15) is 58.1 Å². The minimum atomic E-state index is -1.35. The molecule has 1 aromatic rings. The summed E-state index contributed by atoms with van der Waals surface area (Å²) in [6.45, 7) is 13.9. The first-order chi connectivity index (χ1) is 15.9. The number of piperazine rings is 1. The van der Waals surface area contributed by atoms with Gasteiger partial charge in [0.1, 0.15) is 16.9 Å². The molecule has 5 aliphatic rings. The summed E-state index contributed by atoms with van der Waals surface area (Å²) in [5.41, 5.74) is -0.560. The molecule has 1 spiro atoms. The summed E-state index contributed by atoms with van der Waals surface area (Å²) in [4.78, 5) is 32.5. The molecule has 1 N–H and O–H groups in total. The van der Waals surface area contributed by atoms with E-state index in [0.717, 1.165) is 15.9 Å². The van der Waals surface area contributed by atoms with Gasteiger partial charge in [-0.2, -0.15) is 4.74 Å². The third-order valence-corrected chi connectivity index (χ3v) is 7.80. The fourth-order valence-electron chi connectivity index (χ4n) is 6.41. The largest absolute Gasteiger partial charge is 0.618 e. The average molecular weight is 460 g/mol. The first kappa shape index (κ1) is 21.0. The maximum atomic E-state index is 13.9. The molecule has 1 aliphatic carbocycles. The highest BCUT2D eigenvalue weighted by atomic mass is 16.5. The van der Waals surface area contributed by atoms with Crippen LogP contribution in [0.3, 0.4) is 0 Å². The first-order valence-electron chi connectivity index (χ1n) is 11.7. The second kappa shape index (κ2) is 6.09. The van der Waals surface area contributed by atoms with E-state index in [1.807, 2.05) is 52.0 Å². The molecule has 1 aromatic carbocycles. The molecule has 2 atom stereocenters. The Labute approximate surface area is 198 Å². The number of carbonyl (C=O) groups excluding carboxylic acids is 2. The Morgan fingerprint density at radius 1 is 1.24 bits per heavy atom. The second-order valence-electron chi connectivity index (χ2n) is 11.1. The van der Waals surface area contributed by atoms with Gasteiger partial charge in [-0.15, -0.1) is 0 Å². The van der Waals surface area contributed by atoms with Crippen molar-refractivity contribution < 1.29 is 19.1 Å². The highest BCUT2D eigenvalue weighted by Crippen LogP contribution is 2.53. The van der Waals surface area contributed by atoms with Crippen molar-refractivity contribution in [2.24, 2.45) is 5.41 Å². The van der Waals surface area contributed by atoms with Crippen molar-refractivity contribution in [3.05, 3.63) is 45.5 Å². The Bertz CT molecular complexity index is 1340. The lowest BCUT2D eigenvalue weighted by Crippen LogP contribution is -2.74. The number of hydrogen-bond donors (Lipinski definition) is 1. The van der Waals surface area contributed by atoms with Gasteiger partial charge in [0.05, 0.1) is 28.5 Å². The summed E-state index contributed by atoms with van der Waals surface area (Å²) in [6.07, 6.45) is 6.95. The van der Waals surface area contributed by atoms with Crippen molar-refractivity contribution in [2.45, 2.75) is 63.8 Å². The Morgan fingerprint density at radius 2 is 2.00 bits per heavy atom. The highest BCUT2D eigenvalue weighted by Gasteiger charge is 2.69. The van der Waals surface area contributed by atoms with Gasteiger partial charge in [0, 0.05) is 6.54 Å². The number of nitrogens with one attached hydrogen (secondary N) is 1. The molecule has 4 heterocycles. The van der Waals surface area contributed by atoms with Gasteiger partial charge >= 0.3 is 11.6 Å². The van der Waals surface area contributed by atoms with Crippen LogP contribution in [-0.2, 0) is 9.59 Å². The SMILES string of the molecule is C#[N+][C@@]12CCCN1C(=O)[C@@]1(C=C3C(=[N+]([O-])c4c3ccc3c4C=CC(C)(C)O3)C(C)(C)C1)NC2=O. The van der Waals surface area contributed by atoms with E-state index in [1.165, 1.54) is 4.90 Å². The molecule has 8 nitrogen and oxygen atoms in total. The van der Waals surface area contributed by atoms with Gasteiger partial charge in [0.15, 0.2) is 0 Å². The van der Waals surface area contributed by atoms with Crippen LogP contribution in [0, 0.1) is 17.2 Å². The summed E-state index contributed by atoms with van der Waals surface area (Å²) in [5, 5.41) is 16.7. The zero-order valence-electron chi connectivity index (χ0n) is 19.8. The molecule has 0 bridgehead atoms. The molecule has 34 heavy (non-hydrogen) atoms. The summed E-state index contributed by atoms with van der Waals surface area (Å²) in [5.74, 6) is 0.0459. The fraction of sp³-hybridized carbons (Fsp3) is 0.462. The molecule has 8 heteroatoms. The minimum Gasteiger partial charge on any atom is -0.618 e. The molecule has 0 saturated carbocycles. The molecule has 2 amide bonds. The third kappa shape index (κ3) is 2.39. The average Bonchev–Trinajstić information content (AvgIpc) is 3.32. The maximum Gasteiger partial charge on any atom is 0.435 e. The summed E-state index contributed by atoms with van der Waals surface area (Å²) in [6, 6.07) is 3.73. The van der Waals surface area contributed by atoms with Crippen LogP contribution in [0.2, 0.25) is 0 Å². The summed E-state index contributed by atoms with van der Waals surface area (Å²) < 4.78 is 7.06. The number of amides is 2. The van der Waals surface area contributed by atoms with E-state index in [0.29, 0.717) is 42.1 Å². The van der Waals surface area contributed by atoms with E-state index in [4.69, 9.17) is 11.3 Å². The molecule has 0 unspecified atom stereocenters. The number of ether oxygens (including phenoxy) is 1. The molecule has 0 aromatic heterocycles. The normalized spacial score (nSPS) is 31.7. The van der Waals surface area contributed by atoms with Gasteiger partial charge in [0.25, 0.3) is 12.5 Å². The summed E-state index contributed by atoms with van der Waals surface area (Å²) in [7, 11) is 0. The zero-order valence-corrected chi connectivity index (χ0v) is 19.8. The van der Waals surface area contributed by atoms with Gasteiger partial charge in [-0.25, -0.2) is 0 Å². The monoisotopic (exact) mass is 459 g/mol. The van der Waals surface area contributed by atoms with Crippen molar-refractivity contribution in [2.75, 3.05) is 6.54 Å². The second-order valence-corrected chi connectivity index (χ2v) is 11.1. The van der Waals surface area contributed by atoms with Crippen molar-refractivity contribution in [3.63, 3.8) is 0 Å². The Kier molecular flexibility index (Phi) is 3.76. The zero-order chi connectivity index (χ0) is 24.3. The number of fused-ring (bicyclic) bond motifs is 6. The van der Waals surface area contributed by atoms with Crippen molar-refractivity contribution in [1.82, 2.24) is 10.2 Å². The summed E-state index contributed by atoms with van der Waals surface area (Å²) >= 11 is 0. The highest BCUT2D eigenvalue weighted by molar-refractivity contribution is 6.30. The van der Waals surface area contributed by atoms with Crippen LogP contribution in [-0.4, -0.2) is 50.5 Å². The number of allylic oxidation sites excluding steroid dienone is 1. The Hall–Kier alpha value is -3.60. The van der Waals surface area contributed by atoms with E-state index < -0.39 is 22.2 Å².